The van der Waals surface area contributed by atoms with E-state index in [0.29, 0.717) is 11.5 Å². The molecule has 1 fully saturated rings. The summed E-state index contributed by atoms with van der Waals surface area (Å²) >= 11 is 1.53. The van der Waals surface area contributed by atoms with E-state index < -0.39 is 0 Å². The predicted octanol–water partition coefficient (Wildman–Crippen LogP) is 2.89. The minimum absolute atomic E-state index is 0.0594. The molecule has 142 valence electrons. The summed E-state index contributed by atoms with van der Waals surface area (Å²) in [5.74, 6) is 0.775. The maximum atomic E-state index is 12.4. The zero-order valence-electron chi connectivity index (χ0n) is 15.5. The predicted molar refractivity (Wildman–Crippen MR) is 107 cm³/mol. The third kappa shape index (κ3) is 3.65. The number of likely N-dealkylation sites (tertiary alicyclic amines) is 1. The van der Waals surface area contributed by atoms with Gasteiger partial charge in [0, 0.05) is 41.2 Å². The summed E-state index contributed by atoms with van der Waals surface area (Å²) in [6.45, 7) is 2.77. The van der Waals surface area contributed by atoms with Gasteiger partial charge in [0.15, 0.2) is 0 Å². The second-order valence-corrected chi connectivity index (χ2v) is 8.06. The molecule has 2 aliphatic heterocycles. The monoisotopic (exact) mass is 384 g/mol. The first-order chi connectivity index (χ1) is 13.2. The molecule has 0 aliphatic carbocycles. The van der Waals surface area contributed by atoms with Crippen LogP contribution in [0, 0.1) is 0 Å². The van der Waals surface area contributed by atoms with E-state index in [1.54, 1.807) is 0 Å². The van der Waals surface area contributed by atoms with E-state index in [1.165, 1.54) is 22.5 Å². The van der Waals surface area contributed by atoms with Crippen molar-refractivity contribution < 1.29 is 14.6 Å². The quantitative estimate of drug-likeness (QED) is 0.854. The summed E-state index contributed by atoms with van der Waals surface area (Å²) in [5, 5.41) is 11.7. The number of para-hydroxylation sites is 1. The number of nitrogens with one attached hydrogen (secondary N) is 1. The van der Waals surface area contributed by atoms with Gasteiger partial charge >= 0.3 is 0 Å². The highest BCUT2D eigenvalue weighted by molar-refractivity contribution is 7.15. The molecule has 5 nitrogen and oxygen atoms in total. The van der Waals surface area contributed by atoms with Crippen LogP contribution in [-0.2, 0) is 6.61 Å². The zero-order chi connectivity index (χ0) is 18.8. The second kappa shape index (κ2) is 7.84. The Morgan fingerprint density at radius 2 is 2.07 bits per heavy atom. The zero-order valence-corrected chi connectivity index (χ0v) is 16.3. The molecule has 0 bridgehead atoms. The molecule has 6 heteroatoms. The lowest BCUT2D eigenvalue weighted by Crippen LogP contribution is -2.26. The number of aliphatic hydroxyl groups is 1. The highest BCUT2D eigenvalue weighted by Crippen LogP contribution is 2.44. The number of fused-ring (bicyclic) bond motifs is 2. The Balaban J connectivity index is 1.81. The lowest BCUT2D eigenvalue weighted by atomic mass is 9.91. The molecule has 27 heavy (non-hydrogen) atoms. The van der Waals surface area contributed by atoms with Crippen LogP contribution in [0.2, 0.25) is 0 Å². The molecule has 0 spiro atoms. The fourth-order valence-corrected chi connectivity index (χ4v) is 4.87. The molecule has 1 amide bonds. The Morgan fingerprint density at radius 3 is 2.85 bits per heavy atom. The number of nitrogens with zero attached hydrogens (tertiary/aromatic N) is 1. The molecule has 2 aromatic rings. The number of thiophene rings is 1. The smallest absolute Gasteiger partial charge is 0.261 e. The second-order valence-electron chi connectivity index (χ2n) is 7.01. The first-order valence-electron chi connectivity index (χ1n) is 9.32. The van der Waals surface area contributed by atoms with Gasteiger partial charge in [-0.2, -0.15) is 0 Å². The topological polar surface area (TPSA) is 61.8 Å². The Morgan fingerprint density at radius 1 is 1.30 bits per heavy atom. The van der Waals surface area contributed by atoms with Crippen molar-refractivity contribution in [3.63, 3.8) is 0 Å². The number of benzene rings is 1. The van der Waals surface area contributed by atoms with Crippen molar-refractivity contribution in [3.8, 4) is 5.75 Å². The molecule has 3 heterocycles. The van der Waals surface area contributed by atoms with Crippen LogP contribution in [0.5, 0.6) is 5.75 Å². The standard InChI is InChI=1S/C21H24N2O3S/c1-23-9-6-14(7-10-23)19-16-4-2-3-5-17(16)26-13-15-12-18(27-20(15)19)21(25)22-8-11-24/h2-5,12,24H,6-11,13H2,1H3,(H,22,25). The van der Waals surface area contributed by atoms with Gasteiger partial charge in [-0.15, -0.1) is 11.3 Å². The third-order valence-corrected chi connectivity index (χ3v) is 6.33. The van der Waals surface area contributed by atoms with Crippen molar-refractivity contribution in [2.75, 3.05) is 33.3 Å². The lowest BCUT2D eigenvalue weighted by Gasteiger charge is -2.26. The number of ether oxygens (including phenoxy) is 1. The Labute approximate surface area is 163 Å². The molecule has 1 aromatic carbocycles. The number of amides is 1. The van der Waals surface area contributed by atoms with Gasteiger partial charge < -0.3 is 20.1 Å². The molecule has 2 N–H and O–H groups in total. The fourth-order valence-electron chi connectivity index (χ4n) is 3.68. The third-order valence-electron chi connectivity index (χ3n) is 5.14. The number of hydrogen-bond acceptors (Lipinski definition) is 5. The average Bonchev–Trinajstić information content (AvgIpc) is 3.04. The molecular formula is C21H24N2O3S. The SMILES string of the molecule is CN1CCC(=C2c3ccccc3OCc3cc(C(=O)NCCO)sc32)CC1. The first kappa shape index (κ1) is 18.2. The molecule has 4 rings (SSSR count). The summed E-state index contributed by atoms with van der Waals surface area (Å²) in [7, 11) is 2.16. The van der Waals surface area contributed by atoms with Gasteiger partial charge in [0.25, 0.3) is 5.91 Å². The van der Waals surface area contributed by atoms with Gasteiger partial charge in [-0.25, -0.2) is 0 Å². The Kier molecular flexibility index (Phi) is 5.29. The van der Waals surface area contributed by atoms with Crippen LogP contribution in [0.1, 0.15) is 38.5 Å². The van der Waals surface area contributed by atoms with Crippen molar-refractivity contribution in [3.05, 3.63) is 56.8 Å². The minimum atomic E-state index is -0.136. The van der Waals surface area contributed by atoms with E-state index in [0.717, 1.165) is 47.7 Å². The van der Waals surface area contributed by atoms with Gasteiger partial charge in [-0.05, 0) is 32.0 Å². The first-order valence-corrected chi connectivity index (χ1v) is 10.1. The highest BCUT2D eigenvalue weighted by atomic mass is 32.1. The minimum Gasteiger partial charge on any atom is -0.488 e. The van der Waals surface area contributed by atoms with Crippen molar-refractivity contribution >= 4 is 22.8 Å². The summed E-state index contributed by atoms with van der Waals surface area (Å²) in [6.07, 6.45) is 2.06. The summed E-state index contributed by atoms with van der Waals surface area (Å²) < 4.78 is 6.08. The van der Waals surface area contributed by atoms with Crippen LogP contribution in [0.15, 0.2) is 35.9 Å². The summed E-state index contributed by atoms with van der Waals surface area (Å²) in [6, 6.07) is 10.1. The van der Waals surface area contributed by atoms with Gasteiger partial charge in [0.05, 0.1) is 11.5 Å². The largest absolute Gasteiger partial charge is 0.488 e. The van der Waals surface area contributed by atoms with Crippen molar-refractivity contribution in [1.29, 1.82) is 0 Å². The van der Waals surface area contributed by atoms with Crippen LogP contribution >= 0.6 is 11.3 Å². The molecule has 1 aromatic heterocycles. The maximum Gasteiger partial charge on any atom is 0.261 e. The summed E-state index contributed by atoms with van der Waals surface area (Å²) in [4.78, 5) is 16.6. The number of carbonyl (C=O) groups is 1. The lowest BCUT2D eigenvalue weighted by molar-refractivity contribution is 0.0948. The number of hydrogen-bond donors (Lipinski definition) is 2. The van der Waals surface area contributed by atoms with Crippen molar-refractivity contribution in [1.82, 2.24) is 10.2 Å². The number of aliphatic hydroxyl groups excluding tert-OH is 1. The fraction of sp³-hybridized carbons (Fsp3) is 0.381. The maximum absolute atomic E-state index is 12.4. The Hall–Kier alpha value is -2.15. The van der Waals surface area contributed by atoms with Crippen LogP contribution in [0.25, 0.3) is 5.57 Å². The molecule has 0 atom stereocenters. The van der Waals surface area contributed by atoms with Crippen LogP contribution in [-0.4, -0.2) is 49.2 Å². The molecule has 0 saturated carbocycles. The van der Waals surface area contributed by atoms with E-state index in [2.05, 4.69) is 23.3 Å². The number of rotatable bonds is 3. The Bertz CT molecular complexity index is 877. The van der Waals surface area contributed by atoms with Gasteiger partial charge in [-0.1, -0.05) is 23.8 Å². The molecule has 1 saturated heterocycles. The van der Waals surface area contributed by atoms with Crippen LogP contribution in [0.3, 0.4) is 0 Å². The summed E-state index contributed by atoms with van der Waals surface area (Å²) in [5.41, 5.74) is 4.88. The molecule has 0 radical (unpaired) electrons. The number of carbonyl (C=O) groups excluding carboxylic acids is 1. The molecule has 0 unspecified atom stereocenters. The normalized spacial score (nSPS) is 17.0. The van der Waals surface area contributed by atoms with Crippen LogP contribution in [0.4, 0.5) is 0 Å². The van der Waals surface area contributed by atoms with Gasteiger partial charge in [0.2, 0.25) is 0 Å². The van der Waals surface area contributed by atoms with E-state index in [4.69, 9.17) is 9.84 Å². The van der Waals surface area contributed by atoms with Gasteiger partial charge in [0.1, 0.15) is 12.4 Å². The van der Waals surface area contributed by atoms with Crippen LogP contribution < -0.4 is 10.1 Å². The number of piperidine rings is 1. The van der Waals surface area contributed by atoms with Gasteiger partial charge in [-0.3, -0.25) is 4.79 Å². The van der Waals surface area contributed by atoms with E-state index in [9.17, 15) is 4.79 Å². The van der Waals surface area contributed by atoms with Crippen molar-refractivity contribution in [2.24, 2.45) is 0 Å². The van der Waals surface area contributed by atoms with E-state index >= 15 is 0 Å². The van der Waals surface area contributed by atoms with Crippen molar-refractivity contribution in [2.45, 2.75) is 19.4 Å². The molecular weight excluding hydrogens is 360 g/mol. The molecule has 2 aliphatic rings. The van der Waals surface area contributed by atoms with E-state index in [1.807, 2.05) is 24.3 Å². The average molecular weight is 385 g/mol. The highest BCUT2D eigenvalue weighted by Gasteiger charge is 2.27. The van der Waals surface area contributed by atoms with E-state index in [-0.39, 0.29) is 19.1 Å².